The third kappa shape index (κ3) is 34.2. The number of hydrogen-bond acceptors (Lipinski definition) is 10. The maximum atomic E-state index is 13.1. The largest absolute Gasteiger partial charge is 0.397 e. The molecule has 1 aliphatic rings. The molecular weight excluding hydrogens is 835 g/mol. The van der Waals surface area contributed by atoms with Gasteiger partial charge in [0.05, 0.1) is 25.4 Å². The lowest BCUT2D eigenvalue weighted by atomic mass is 9.99. The molecule has 1 aliphatic heterocycles. The minimum absolute atomic E-state index is 0.257. The lowest BCUT2D eigenvalue weighted by molar-refractivity contribution is -0.298. The van der Waals surface area contributed by atoms with Crippen molar-refractivity contribution in [2.45, 2.75) is 294 Å². The van der Waals surface area contributed by atoms with E-state index < -0.39 is 59.9 Å². The van der Waals surface area contributed by atoms with Crippen molar-refractivity contribution >= 4 is 16.3 Å². The first kappa shape index (κ1) is 60.9. The summed E-state index contributed by atoms with van der Waals surface area (Å²) in [7, 11) is -5.08. The Morgan fingerprint density at radius 2 is 0.984 bits per heavy atom. The molecule has 1 saturated heterocycles. The second-order valence-electron chi connectivity index (χ2n) is 18.8. The van der Waals surface area contributed by atoms with Gasteiger partial charge in [-0.25, -0.2) is 4.18 Å². The number of carbonyl (C=O) groups is 1. The van der Waals surface area contributed by atoms with E-state index in [0.717, 1.165) is 38.5 Å². The van der Waals surface area contributed by atoms with E-state index in [4.69, 9.17) is 9.47 Å². The predicted molar refractivity (Wildman–Crippen MR) is 259 cm³/mol. The molecule has 1 fully saturated rings. The zero-order valence-corrected chi connectivity index (χ0v) is 41.7. The Labute approximate surface area is 391 Å². The molecule has 7 atom stereocenters. The van der Waals surface area contributed by atoms with Crippen LogP contribution in [0.25, 0.3) is 0 Å². The minimum atomic E-state index is -5.08. The molecule has 0 aromatic rings. The van der Waals surface area contributed by atoms with Crippen LogP contribution in [0.3, 0.4) is 0 Å². The summed E-state index contributed by atoms with van der Waals surface area (Å²) < 4.78 is 47.7. The third-order valence-electron chi connectivity index (χ3n) is 12.8. The fourth-order valence-electron chi connectivity index (χ4n) is 8.69. The van der Waals surface area contributed by atoms with E-state index in [1.807, 2.05) is 6.08 Å². The smallest absolute Gasteiger partial charge is 0.394 e. The van der Waals surface area contributed by atoms with Crippen LogP contribution in [0.2, 0.25) is 0 Å². The van der Waals surface area contributed by atoms with Gasteiger partial charge in [0.2, 0.25) is 5.91 Å². The molecule has 7 unspecified atom stereocenters. The van der Waals surface area contributed by atoms with Crippen LogP contribution in [0, 0.1) is 0 Å². The molecule has 12 nitrogen and oxygen atoms in total. The molecule has 0 bridgehead atoms. The van der Waals surface area contributed by atoms with Crippen LogP contribution in [-0.4, -0.2) is 95.4 Å². The standard InChI is InChI=1S/C51H99NO11S/c1-3-5-7-9-11-13-15-17-19-21-23-24-26-28-30-32-34-36-38-40-45(54)44(43-61-51-49(57)50(63-64(58,59)60)48(56)46(42-53)62-51)52-47(55)41-39-37-35-33-31-29-27-25-22-20-18-16-14-12-10-8-6-4-2/h38,40,44-46,48-51,53-54,56-57H,3-37,39,41-43H2,1-2H3,(H,52,55)(H,58,59,60)/b40-38+. The lowest BCUT2D eigenvalue weighted by Crippen LogP contribution is -2.61. The molecule has 0 saturated carbocycles. The summed E-state index contributed by atoms with van der Waals surface area (Å²) in [5.41, 5.74) is 0. The zero-order valence-electron chi connectivity index (χ0n) is 40.9. The van der Waals surface area contributed by atoms with E-state index in [1.165, 1.54) is 186 Å². The van der Waals surface area contributed by atoms with Gasteiger partial charge in [0.1, 0.15) is 24.4 Å². The van der Waals surface area contributed by atoms with Gasteiger partial charge in [-0.2, -0.15) is 8.42 Å². The van der Waals surface area contributed by atoms with Crippen molar-refractivity contribution < 1.29 is 51.8 Å². The highest BCUT2D eigenvalue weighted by atomic mass is 32.3. The van der Waals surface area contributed by atoms with Gasteiger partial charge < -0.3 is 35.2 Å². The van der Waals surface area contributed by atoms with Crippen LogP contribution in [0.4, 0.5) is 0 Å². The highest BCUT2D eigenvalue weighted by Gasteiger charge is 2.48. The Hall–Kier alpha value is -1.16. The maximum absolute atomic E-state index is 13.1. The summed E-state index contributed by atoms with van der Waals surface area (Å²) in [6, 6.07) is -0.939. The second-order valence-corrected chi connectivity index (χ2v) is 19.9. The summed E-state index contributed by atoms with van der Waals surface area (Å²) in [4.78, 5) is 13.1. The number of carbonyl (C=O) groups excluding carboxylic acids is 1. The zero-order chi connectivity index (χ0) is 46.9. The Morgan fingerprint density at radius 3 is 1.36 bits per heavy atom. The van der Waals surface area contributed by atoms with Crippen molar-refractivity contribution in [1.82, 2.24) is 5.32 Å². The van der Waals surface area contributed by atoms with Crippen molar-refractivity contribution in [3.63, 3.8) is 0 Å². The van der Waals surface area contributed by atoms with E-state index in [9.17, 15) is 38.2 Å². The van der Waals surface area contributed by atoms with Crippen LogP contribution in [-0.2, 0) is 28.9 Å². The normalized spacial score (nSPS) is 20.3. The molecule has 64 heavy (non-hydrogen) atoms. The quantitative estimate of drug-likeness (QED) is 0.0193. The average molecular weight is 934 g/mol. The van der Waals surface area contributed by atoms with Crippen molar-refractivity contribution in [3.05, 3.63) is 12.2 Å². The van der Waals surface area contributed by atoms with Crippen LogP contribution >= 0.6 is 0 Å². The van der Waals surface area contributed by atoms with E-state index in [1.54, 1.807) is 6.08 Å². The SMILES string of the molecule is CCCCCCCCCCCCCCCCCCC/C=C/C(O)C(COC1OC(CO)C(O)C(OS(=O)(=O)O)C1O)NC(=O)CCCCCCCCCCCCCCCCCCCC. The topological polar surface area (TPSA) is 192 Å². The van der Waals surface area contributed by atoms with Gasteiger partial charge in [0.15, 0.2) is 6.29 Å². The fourth-order valence-corrected chi connectivity index (χ4v) is 9.20. The molecule has 0 aromatic heterocycles. The van der Waals surface area contributed by atoms with Crippen molar-refractivity contribution in [3.8, 4) is 0 Å². The lowest BCUT2D eigenvalue weighted by Gasteiger charge is -2.41. The van der Waals surface area contributed by atoms with Crippen LogP contribution in [0.1, 0.15) is 251 Å². The summed E-state index contributed by atoms with van der Waals surface area (Å²) in [6.07, 6.45) is 39.6. The molecule has 1 amide bonds. The van der Waals surface area contributed by atoms with Gasteiger partial charge >= 0.3 is 10.4 Å². The molecular formula is C51H99NO11S. The molecule has 380 valence electrons. The molecule has 0 spiro atoms. The number of ether oxygens (including phenoxy) is 2. The van der Waals surface area contributed by atoms with E-state index in [-0.39, 0.29) is 18.9 Å². The number of amides is 1. The highest BCUT2D eigenvalue weighted by Crippen LogP contribution is 2.26. The Bertz CT molecular complexity index is 1190. The average Bonchev–Trinajstić information content (AvgIpc) is 3.27. The number of nitrogens with one attached hydrogen (secondary N) is 1. The first-order valence-corrected chi connectivity index (χ1v) is 27.9. The Morgan fingerprint density at radius 1 is 0.609 bits per heavy atom. The molecule has 0 aliphatic carbocycles. The Balaban J connectivity index is 2.43. The Kier molecular flexibility index (Phi) is 39.9. The highest BCUT2D eigenvalue weighted by molar-refractivity contribution is 7.80. The molecule has 1 heterocycles. The number of aliphatic hydroxyl groups is 4. The van der Waals surface area contributed by atoms with E-state index in [0.29, 0.717) is 6.42 Å². The van der Waals surface area contributed by atoms with Gasteiger partial charge in [-0.05, 0) is 19.3 Å². The van der Waals surface area contributed by atoms with Gasteiger partial charge in [-0.1, -0.05) is 238 Å². The van der Waals surface area contributed by atoms with Crippen molar-refractivity contribution in [2.75, 3.05) is 13.2 Å². The third-order valence-corrected chi connectivity index (χ3v) is 13.3. The molecule has 1 rings (SSSR count). The first-order chi connectivity index (χ1) is 31.0. The van der Waals surface area contributed by atoms with E-state index >= 15 is 0 Å². The molecule has 13 heteroatoms. The molecule has 0 radical (unpaired) electrons. The van der Waals surface area contributed by atoms with Crippen molar-refractivity contribution in [1.29, 1.82) is 0 Å². The number of rotatable bonds is 46. The van der Waals surface area contributed by atoms with Gasteiger partial charge in [-0.3, -0.25) is 9.35 Å². The first-order valence-electron chi connectivity index (χ1n) is 26.6. The number of hydrogen-bond donors (Lipinski definition) is 6. The number of aliphatic hydroxyl groups excluding tert-OH is 4. The molecule has 6 N–H and O–H groups in total. The number of unbranched alkanes of at least 4 members (excludes halogenated alkanes) is 34. The summed E-state index contributed by atoms with van der Waals surface area (Å²) in [5.74, 6) is -0.257. The second kappa shape index (κ2) is 42.0. The monoisotopic (exact) mass is 934 g/mol. The maximum Gasteiger partial charge on any atom is 0.397 e. The molecule has 0 aromatic carbocycles. The van der Waals surface area contributed by atoms with Gasteiger partial charge in [0.25, 0.3) is 0 Å². The van der Waals surface area contributed by atoms with Crippen molar-refractivity contribution in [2.24, 2.45) is 0 Å². The van der Waals surface area contributed by atoms with Crippen LogP contribution < -0.4 is 5.32 Å². The van der Waals surface area contributed by atoms with E-state index in [2.05, 4.69) is 23.3 Å². The number of allylic oxidation sites excluding steroid dienone is 1. The summed E-state index contributed by atoms with van der Waals surface area (Å²) in [5, 5.41) is 44.9. The predicted octanol–water partition coefficient (Wildman–Crippen LogP) is 11.5. The van der Waals surface area contributed by atoms with Gasteiger partial charge in [-0.15, -0.1) is 0 Å². The minimum Gasteiger partial charge on any atom is -0.394 e. The summed E-state index contributed by atoms with van der Waals surface area (Å²) >= 11 is 0. The van der Waals surface area contributed by atoms with Gasteiger partial charge in [0, 0.05) is 6.42 Å². The summed E-state index contributed by atoms with van der Waals surface area (Å²) in [6.45, 7) is 3.42. The van der Waals surface area contributed by atoms with Crippen LogP contribution in [0.15, 0.2) is 12.2 Å². The fraction of sp³-hybridized carbons (Fsp3) is 0.941. The van der Waals surface area contributed by atoms with Crippen LogP contribution in [0.5, 0.6) is 0 Å².